The van der Waals surface area contributed by atoms with E-state index in [1.165, 1.54) is 0 Å². The largest absolute Gasteiger partial charge is 0.356 e. The molecule has 1 unspecified atom stereocenters. The molecule has 0 fully saturated rings. The van der Waals surface area contributed by atoms with Crippen LogP contribution in [0, 0.1) is 0 Å². The molecule has 2 amide bonds. The maximum Gasteiger partial charge on any atom is 0.227 e. The van der Waals surface area contributed by atoms with Gasteiger partial charge in [0.05, 0.1) is 17.1 Å². The summed E-state index contributed by atoms with van der Waals surface area (Å²) >= 11 is 0. The van der Waals surface area contributed by atoms with Crippen LogP contribution in [0.15, 0.2) is 66.9 Å². The second-order valence-electron chi connectivity index (χ2n) is 6.69. The Morgan fingerprint density at radius 1 is 1.00 bits per heavy atom. The molecule has 28 heavy (non-hydrogen) atoms. The summed E-state index contributed by atoms with van der Waals surface area (Å²) in [6, 6.07) is 19.3. The van der Waals surface area contributed by atoms with Crippen LogP contribution < -0.4 is 10.6 Å². The summed E-state index contributed by atoms with van der Waals surface area (Å²) in [5.41, 5.74) is 2.51. The van der Waals surface area contributed by atoms with Crippen LogP contribution in [0.1, 0.15) is 37.7 Å². The molecule has 5 nitrogen and oxygen atoms in total. The monoisotopic (exact) mass is 375 g/mol. The third kappa shape index (κ3) is 4.94. The number of carbonyl (C=O) groups is 2. The van der Waals surface area contributed by atoms with Crippen molar-refractivity contribution < 1.29 is 9.59 Å². The first-order chi connectivity index (χ1) is 13.7. The van der Waals surface area contributed by atoms with Gasteiger partial charge in [-0.15, -0.1) is 0 Å². The van der Waals surface area contributed by atoms with E-state index in [2.05, 4.69) is 15.6 Å². The third-order valence-corrected chi connectivity index (χ3v) is 4.71. The fourth-order valence-corrected chi connectivity index (χ4v) is 3.26. The van der Waals surface area contributed by atoms with Gasteiger partial charge in [-0.25, -0.2) is 0 Å². The van der Waals surface area contributed by atoms with Gasteiger partial charge < -0.3 is 10.6 Å². The van der Waals surface area contributed by atoms with Gasteiger partial charge in [-0.2, -0.15) is 0 Å². The highest BCUT2D eigenvalue weighted by Gasteiger charge is 2.17. The lowest BCUT2D eigenvalue weighted by atomic mass is 9.95. The molecule has 0 aliphatic heterocycles. The summed E-state index contributed by atoms with van der Waals surface area (Å²) in [6.45, 7) is 2.48. The molecule has 5 heteroatoms. The standard InChI is InChI=1S/C23H25N3O2/c1-2-19(17-9-4-3-5-10-17)23(28)25-16-8-14-21(27)26-20-13-6-11-18-12-7-15-24-22(18)20/h3-7,9-13,15,19H,2,8,14,16H2,1H3,(H,25,28)(H,26,27). The molecular formula is C23H25N3O2. The lowest BCUT2D eigenvalue weighted by Gasteiger charge is -2.15. The predicted octanol–water partition coefficient (Wildman–Crippen LogP) is 4.26. The van der Waals surface area contributed by atoms with Crippen molar-refractivity contribution in [1.29, 1.82) is 0 Å². The van der Waals surface area contributed by atoms with E-state index >= 15 is 0 Å². The summed E-state index contributed by atoms with van der Waals surface area (Å²) in [5, 5.41) is 6.85. The summed E-state index contributed by atoms with van der Waals surface area (Å²) in [6.07, 6.45) is 3.38. The highest BCUT2D eigenvalue weighted by Crippen LogP contribution is 2.21. The van der Waals surface area contributed by atoms with E-state index in [9.17, 15) is 9.59 Å². The summed E-state index contributed by atoms with van der Waals surface area (Å²) in [5.74, 6) is -0.230. The predicted molar refractivity (Wildman–Crippen MR) is 112 cm³/mol. The molecule has 0 saturated heterocycles. The Balaban J connectivity index is 1.47. The van der Waals surface area contributed by atoms with Crippen LogP contribution in [0.3, 0.4) is 0 Å². The minimum atomic E-state index is -0.156. The number of benzene rings is 2. The first kappa shape index (κ1) is 19.5. The number of fused-ring (bicyclic) bond motifs is 1. The molecule has 1 heterocycles. The zero-order valence-corrected chi connectivity index (χ0v) is 16.0. The number of carbonyl (C=O) groups excluding carboxylic acids is 2. The second kappa shape index (κ2) is 9.65. The molecule has 0 bridgehead atoms. The van der Waals surface area contributed by atoms with Crippen molar-refractivity contribution in [2.45, 2.75) is 32.1 Å². The molecule has 2 aromatic carbocycles. The van der Waals surface area contributed by atoms with Crippen molar-refractivity contribution in [2.75, 3.05) is 11.9 Å². The van der Waals surface area contributed by atoms with Crippen molar-refractivity contribution in [3.63, 3.8) is 0 Å². The molecule has 0 aliphatic carbocycles. The Bertz CT molecular complexity index is 935. The molecule has 1 atom stereocenters. The zero-order valence-electron chi connectivity index (χ0n) is 16.0. The number of amides is 2. The fourth-order valence-electron chi connectivity index (χ4n) is 3.26. The van der Waals surface area contributed by atoms with Crippen molar-refractivity contribution >= 4 is 28.4 Å². The van der Waals surface area contributed by atoms with Gasteiger partial charge in [0.25, 0.3) is 0 Å². The minimum absolute atomic E-state index is 0.00682. The van der Waals surface area contributed by atoms with Crippen LogP contribution in [-0.2, 0) is 9.59 Å². The van der Waals surface area contributed by atoms with Gasteiger partial charge in [0.1, 0.15) is 0 Å². The molecule has 2 N–H and O–H groups in total. The number of anilines is 1. The number of para-hydroxylation sites is 1. The number of hydrogen-bond donors (Lipinski definition) is 2. The highest BCUT2D eigenvalue weighted by atomic mass is 16.2. The molecule has 3 rings (SSSR count). The van der Waals surface area contributed by atoms with E-state index in [1.807, 2.05) is 67.6 Å². The zero-order chi connectivity index (χ0) is 19.8. The number of nitrogens with one attached hydrogen (secondary N) is 2. The van der Waals surface area contributed by atoms with Crippen LogP contribution in [-0.4, -0.2) is 23.3 Å². The Labute approximate surface area is 165 Å². The van der Waals surface area contributed by atoms with Gasteiger partial charge in [-0.1, -0.05) is 55.5 Å². The van der Waals surface area contributed by atoms with Crippen LogP contribution in [0.25, 0.3) is 10.9 Å². The van der Waals surface area contributed by atoms with Gasteiger partial charge in [-0.05, 0) is 30.5 Å². The highest BCUT2D eigenvalue weighted by molar-refractivity contribution is 6.00. The maximum atomic E-state index is 12.4. The molecule has 0 aliphatic rings. The first-order valence-corrected chi connectivity index (χ1v) is 9.65. The topological polar surface area (TPSA) is 71.1 Å². The Hall–Kier alpha value is -3.21. The quantitative estimate of drug-likeness (QED) is 0.578. The van der Waals surface area contributed by atoms with Crippen LogP contribution in [0.2, 0.25) is 0 Å². The molecular weight excluding hydrogens is 350 g/mol. The lowest BCUT2D eigenvalue weighted by Crippen LogP contribution is -2.30. The number of hydrogen-bond acceptors (Lipinski definition) is 3. The van der Waals surface area contributed by atoms with Gasteiger partial charge in [0.2, 0.25) is 11.8 Å². The van der Waals surface area contributed by atoms with Gasteiger partial charge in [0, 0.05) is 24.5 Å². The van der Waals surface area contributed by atoms with Crippen LogP contribution in [0.4, 0.5) is 5.69 Å². The van der Waals surface area contributed by atoms with Gasteiger partial charge in [-0.3, -0.25) is 14.6 Å². The SMILES string of the molecule is CCC(C(=O)NCCCC(=O)Nc1cccc2cccnc12)c1ccccc1. The van der Waals surface area contributed by atoms with Gasteiger partial charge >= 0.3 is 0 Å². The molecule has 0 spiro atoms. The van der Waals surface area contributed by atoms with E-state index in [4.69, 9.17) is 0 Å². The average Bonchev–Trinajstić information content (AvgIpc) is 2.73. The van der Waals surface area contributed by atoms with Crippen molar-refractivity contribution in [2.24, 2.45) is 0 Å². The number of aromatic nitrogens is 1. The van der Waals surface area contributed by atoms with Crippen LogP contribution in [0.5, 0.6) is 0 Å². The van der Waals surface area contributed by atoms with E-state index in [0.29, 0.717) is 25.1 Å². The van der Waals surface area contributed by atoms with Crippen LogP contribution >= 0.6 is 0 Å². The number of pyridine rings is 1. The summed E-state index contributed by atoms with van der Waals surface area (Å²) < 4.78 is 0. The maximum absolute atomic E-state index is 12.4. The molecule has 0 radical (unpaired) electrons. The Morgan fingerprint density at radius 2 is 1.79 bits per heavy atom. The molecule has 144 valence electrons. The lowest BCUT2D eigenvalue weighted by molar-refractivity contribution is -0.123. The van der Waals surface area contributed by atoms with Crippen molar-refractivity contribution in [1.82, 2.24) is 10.3 Å². The van der Waals surface area contributed by atoms with Crippen molar-refractivity contribution in [3.8, 4) is 0 Å². The molecule has 0 saturated carbocycles. The van der Waals surface area contributed by atoms with E-state index in [1.54, 1.807) is 6.20 Å². The molecule has 1 aromatic heterocycles. The summed E-state index contributed by atoms with van der Waals surface area (Å²) in [7, 11) is 0. The Morgan fingerprint density at radius 3 is 2.57 bits per heavy atom. The van der Waals surface area contributed by atoms with E-state index in [0.717, 1.165) is 22.9 Å². The first-order valence-electron chi connectivity index (χ1n) is 9.65. The Kier molecular flexibility index (Phi) is 6.73. The number of rotatable bonds is 8. The van der Waals surface area contributed by atoms with Crippen molar-refractivity contribution in [3.05, 3.63) is 72.4 Å². The molecule has 3 aromatic rings. The third-order valence-electron chi connectivity index (χ3n) is 4.71. The number of nitrogens with zero attached hydrogens (tertiary/aromatic N) is 1. The van der Waals surface area contributed by atoms with Gasteiger partial charge in [0.15, 0.2) is 0 Å². The van der Waals surface area contributed by atoms with E-state index < -0.39 is 0 Å². The average molecular weight is 375 g/mol. The fraction of sp³-hybridized carbons (Fsp3) is 0.261. The second-order valence-corrected chi connectivity index (χ2v) is 6.69. The summed E-state index contributed by atoms with van der Waals surface area (Å²) in [4.78, 5) is 29.0. The minimum Gasteiger partial charge on any atom is -0.356 e. The normalized spacial score (nSPS) is 11.8. The smallest absolute Gasteiger partial charge is 0.227 e. The van der Waals surface area contributed by atoms with E-state index in [-0.39, 0.29) is 17.7 Å².